The van der Waals surface area contributed by atoms with E-state index in [-0.39, 0.29) is 11.8 Å². The van der Waals surface area contributed by atoms with Crippen molar-refractivity contribution >= 4 is 40.4 Å². The van der Waals surface area contributed by atoms with Crippen molar-refractivity contribution in [1.29, 1.82) is 0 Å². The first-order valence-corrected chi connectivity index (χ1v) is 14.8. The number of hydrogen-bond acceptors (Lipinski definition) is 9. The molecule has 0 unspecified atom stereocenters. The van der Waals surface area contributed by atoms with E-state index in [2.05, 4.69) is 72.9 Å². The summed E-state index contributed by atoms with van der Waals surface area (Å²) in [6.45, 7) is 7.16. The Bertz CT molecular complexity index is 1270. The molecule has 11 heteroatoms. The molecule has 0 aliphatic carbocycles. The molecule has 5 rings (SSSR count). The summed E-state index contributed by atoms with van der Waals surface area (Å²) in [6.07, 6.45) is 7.56. The van der Waals surface area contributed by atoms with Crippen LogP contribution in [0.4, 0.5) is 23.0 Å². The van der Waals surface area contributed by atoms with Gasteiger partial charge in [0.15, 0.2) is 0 Å². The maximum atomic E-state index is 12.9. The number of benzene rings is 1. The number of nitrogens with zero attached hydrogens (tertiary/aromatic N) is 6. The van der Waals surface area contributed by atoms with Crippen molar-refractivity contribution in [2.75, 3.05) is 87.8 Å². The number of anilines is 4. The summed E-state index contributed by atoms with van der Waals surface area (Å²) < 4.78 is 0. The van der Waals surface area contributed by atoms with Gasteiger partial charge in [-0.2, -0.15) is 0 Å². The first kappa shape index (κ1) is 28.8. The van der Waals surface area contributed by atoms with Crippen LogP contribution in [0.15, 0.2) is 30.7 Å². The quantitative estimate of drug-likeness (QED) is 0.484. The molecule has 0 atom stereocenters. The highest BCUT2D eigenvalue weighted by Crippen LogP contribution is 2.35. The third kappa shape index (κ3) is 7.15. The fraction of sp³-hybridized carbons (Fsp3) is 0.533. The summed E-state index contributed by atoms with van der Waals surface area (Å²) in [4.78, 5) is 43.3. The number of nitrogens with one attached hydrogen (secondary N) is 3. The van der Waals surface area contributed by atoms with E-state index in [1.807, 2.05) is 11.9 Å². The highest BCUT2D eigenvalue weighted by atomic mass is 16.2. The zero-order valence-corrected chi connectivity index (χ0v) is 24.6. The minimum atomic E-state index is -0.214. The summed E-state index contributed by atoms with van der Waals surface area (Å²) in [5.74, 6) is 1.08. The van der Waals surface area contributed by atoms with E-state index in [1.54, 1.807) is 6.20 Å². The van der Waals surface area contributed by atoms with Crippen LogP contribution in [0.2, 0.25) is 0 Å². The molecule has 2 aromatic rings. The van der Waals surface area contributed by atoms with Gasteiger partial charge < -0.3 is 35.6 Å². The van der Waals surface area contributed by atoms with Crippen LogP contribution in [0, 0.1) is 0 Å². The molecule has 220 valence electrons. The van der Waals surface area contributed by atoms with Crippen molar-refractivity contribution in [1.82, 2.24) is 24.7 Å². The van der Waals surface area contributed by atoms with Gasteiger partial charge >= 0.3 is 0 Å². The number of aromatic nitrogens is 2. The highest BCUT2D eigenvalue weighted by molar-refractivity contribution is 6.32. The smallest absolute Gasteiger partial charge is 0.259 e. The molecule has 2 bridgehead atoms. The summed E-state index contributed by atoms with van der Waals surface area (Å²) in [6, 6.07) is 6.49. The van der Waals surface area contributed by atoms with Crippen LogP contribution in [0.1, 0.15) is 43.2 Å². The minimum absolute atomic E-state index is 0.187. The van der Waals surface area contributed by atoms with Crippen LogP contribution >= 0.6 is 0 Å². The summed E-state index contributed by atoms with van der Waals surface area (Å²) in [5, 5.41) is 9.60. The second-order valence-corrected chi connectivity index (χ2v) is 11.4. The minimum Gasteiger partial charge on any atom is -0.369 e. The van der Waals surface area contributed by atoms with E-state index < -0.39 is 0 Å². The van der Waals surface area contributed by atoms with Crippen molar-refractivity contribution in [2.45, 2.75) is 38.6 Å². The fourth-order valence-electron chi connectivity index (χ4n) is 5.65. The van der Waals surface area contributed by atoms with Crippen LogP contribution in [-0.2, 0) is 16.1 Å². The Morgan fingerprint density at radius 2 is 1.63 bits per heavy atom. The van der Waals surface area contributed by atoms with Crippen molar-refractivity contribution < 1.29 is 9.59 Å². The predicted octanol–water partition coefficient (Wildman–Crippen LogP) is 2.90. The average molecular weight is 562 g/mol. The van der Waals surface area contributed by atoms with Gasteiger partial charge in [-0.25, -0.2) is 9.97 Å². The standard InChI is InChI=1S/C30H43N9O2/c1-36-14-16-39(17-15-36)25-10-9-23-18-22(25)20-37(2)12-6-4-5-8-26(40)38(3)13-7-11-31-28-27-24(19-32-23)30(41)35-29(27)34-21-33-28/h9-10,18-19,21,32H,4-8,11-17,20H2,1-3H3,(H2,31,33,34,35,41)/b24-19-. The molecule has 1 aromatic carbocycles. The number of likely N-dealkylation sites (N-methyl/N-ethyl adjacent to an activating group) is 1. The summed E-state index contributed by atoms with van der Waals surface area (Å²) >= 11 is 0. The molecule has 4 heterocycles. The van der Waals surface area contributed by atoms with Crippen molar-refractivity contribution in [3.8, 4) is 0 Å². The third-order valence-electron chi connectivity index (χ3n) is 8.16. The van der Waals surface area contributed by atoms with Crippen LogP contribution < -0.4 is 20.9 Å². The number of amides is 2. The third-order valence-corrected chi connectivity index (χ3v) is 8.16. The van der Waals surface area contributed by atoms with Gasteiger partial charge in [-0.1, -0.05) is 6.42 Å². The first-order valence-electron chi connectivity index (χ1n) is 14.8. The molecular weight excluding hydrogens is 518 g/mol. The van der Waals surface area contributed by atoms with Gasteiger partial charge in [0.25, 0.3) is 5.91 Å². The molecule has 3 N–H and O–H groups in total. The molecule has 0 radical (unpaired) electrons. The average Bonchev–Trinajstić information content (AvgIpc) is 3.29. The maximum absolute atomic E-state index is 12.9. The maximum Gasteiger partial charge on any atom is 0.259 e. The topological polar surface area (TPSA) is 109 Å². The van der Waals surface area contributed by atoms with E-state index in [4.69, 9.17) is 0 Å². The van der Waals surface area contributed by atoms with Gasteiger partial charge in [-0.15, -0.1) is 0 Å². The molecule has 0 spiro atoms. The van der Waals surface area contributed by atoms with Crippen molar-refractivity contribution in [2.24, 2.45) is 0 Å². The van der Waals surface area contributed by atoms with Gasteiger partial charge in [0.05, 0.1) is 11.1 Å². The molecule has 2 amide bonds. The summed E-state index contributed by atoms with van der Waals surface area (Å²) in [7, 11) is 6.21. The van der Waals surface area contributed by atoms with E-state index in [9.17, 15) is 9.59 Å². The number of carbonyl (C=O) groups is 2. The lowest BCUT2D eigenvalue weighted by Crippen LogP contribution is -2.45. The van der Waals surface area contributed by atoms with Gasteiger partial charge in [0, 0.05) is 76.9 Å². The van der Waals surface area contributed by atoms with Crippen molar-refractivity contribution in [3.05, 3.63) is 41.9 Å². The SMILES string of the molecule is CN1CCN(c2ccc3cc2CN(C)CCCCCC(=O)N(C)CCCNc2ncnc4c2/C(=C/N3)C(=O)N4)CC1. The highest BCUT2D eigenvalue weighted by Gasteiger charge is 2.29. The fourth-order valence-corrected chi connectivity index (χ4v) is 5.65. The zero-order chi connectivity index (χ0) is 28.8. The molecule has 1 saturated heterocycles. The van der Waals surface area contributed by atoms with Gasteiger partial charge in [-0.05, 0) is 63.7 Å². The van der Waals surface area contributed by atoms with Crippen LogP contribution in [0.3, 0.4) is 0 Å². The monoisotopic (exact) mass is 561 g/mol. The van der Waals surface area contributed by atoms with E-state index in [1.165, 1.54) is 17.6 Å². The predicted molar refractivity (Wildman–Crippen MR) is 164 cm³/mol. The van der Waals surface area contributed by atoms with Gasteiger partial charge in [-0.3, -0.25) is 9.59 Å². The van der Waals surface area contributed by atoms with Gasteiger partial charge in [0.2, 0.25) is 5.91 Å². The van der Waals surface area contributed by atoms with Gasteiger partial charge in [0.1, 0.15) is 18.0 Å². The van der Waals surface area contributed by atoms with Crippen LogP contribution in [-0.4, -0.2) is 103 Å². The lowest BCUT2D eigenvalue weighted by molar-refractivity contribution is -0.130. The molecule has 11 nitrogen and oxygen atoms in total. The lowest BCUT2D eigenvalue weighted by atomic mass is 10.1. The molecule has 3 aliphatic rings. The van der Waals surface area contributed by atoms with E-state index in [0.717, 1.165) is 70.6 Å². The lowest BCUT2D eigenvalue weighted by Gasteiger charge is -2.36. The molecule has 0 saturated carbocycles. The molecule has 1 fully saturated rings. The Morgan fingerprint density at radius 3 is 2.46 bits per heavy atom. The normalized spacial score (nSPS) is 21.6. The summed E-state index contributed by atoms with van der Waals surface area (Å²) in [5.41, 5.74) is 4.60. The number of carbonyl (C=O) groups excluding carboxylic acids is 2. The number of rotatable bonds is 1. The Kier molecular flexibility index (Phi) is 9.35. The molecule has 41 heavy (non-hydrogen) atoms. The Labute approximate surface area is 243 Å². The molecule has 1 aromatic heterocycles. The second-order valence-electron chi connectivity index (χ2n) is 11.4. The van der Waals surface area contributed by atoms with Crippen LogP contribution in [0.25, 0.3) is 5.57 Å². The Hall–Kier alpha value is -3.70. The number of hydrogen-bond donors (Lipinski definition) is 3. The number of piperazine rings is 1. The Morgan fingerprint density at radius 1 is 0.829 bits per heavy atom. The number of fused-ring (bicyclic) bond motifs is 2. The van der Waals surface area contributed by atoms with E-state index in [0.29, 0.717) is 42.3 Å². The Balaban J connectivity index is 1.43. The van der Waals surface area contributed by atoms with Crippen molar-refractivity contribution in [3.63, 3.8) is 0 Å². The van der Waals surface area contributed by atoms with Crippen LogP contribution in [0.5, 0.6) is 0 Å². The first-order chi connectivity index (χ1) is 19.9. The van der Waals surface area contributed by atoms with E-state index >= 15 is 0 Å². The second kappa shape index (κ2) is 13.3. The molecular formula is C30H43N9O2. The molecule has 3 aliphatic heterocycles. The largest absolute Gasteiger partial charge is 0.369 e. The zero-order valence-electron chi connectivity index (χ0n) is 24.6.